The van der Waals surface area contributed by atoms with E-state index in [2.05, 4.69) is 24.9 Å². The third-order valence-corrected chi connectivity index (χ3v) is 1.91. The van der Waals surface area contributed by atoms with Crippen LogP contribution in [0.3, 0.4) is 0 Å². The van der Waals surface area contributed by atoms with Gasteiger partial charge < -0.3 is 11.1 Å². The Labute approximate surface area is 84.3 Å². The summed E-state index contributed by atoms with van der Waals surface area (Å²) in [7, 11) is 1.50. The van der Waals surface area contributed by atoms with Crippen LogP contribution < -0.4 is 11.1 Å². The summed E-state index contributed by atoms with van der Waals surface area (Å²) < 4.78 is 0. The van der Waals surface area contributed by atoms with Gasteiger partial charge in [0.1, 0.15) is 0 Å². The Hall–Kier alpha value is -0.0800. The van der Waals surface area contributed by atoms with E-state index in [1.54, 1.807) is 0 Å². The zero-order valence-electron chi connectivity index (χ0n) is 9.73. The van der Waals surface area contributed by atoms with Crippen LogP contribution in [0.4, 0.5) is 0 Å². The molecule has 0 fully saturated rings. The quantitative estimate of drug-likeness (QED) is 0.574. The second-order valence-electron chi connectivity index (χ2n) is 3.16. The molecule has 82 valence electrons. The van der Waals surface area contributed by atoms with Gasteiger partial charge in [0.15, 0.2) is 0 Å². The van der Waals surface area contributed by atoms with Crippen LogP contribution in [0.2, 0.25) is 0 Å². The molecule has 2 heteroatoms. The molecule has 0 aromatic rings. The highest BCUT2D eigenvalue weighted by atomic mass is 14.8. The van der Waals surface area contributed by atoms with Crippen molar-refractivity contribution in [1.82, 2.24) is 5.32 Å². The van der Waals surface area contributed by atoms with Gasteiger partial charge in [0.05, 0.1) is 0 Å². The molecule has 0 aromatic carbocycles. The Morgan fingerprint density at radius 2 is 1.15 bits per heavy atom. The Balaban J connectivity index is 0. The number of nitrogens with two attached hydrogens (primary N) is 1. The lowest BCUT2D eigenvalue weighted by Crippen LogP contribution is -2.16. The first-order valence-electron chi connectivity index (χ1n) is 5.70. The third-order valence-electron chi connectivity index (χ3n) is 1.91. The average Bonchev–Trinajstić information content (AvgIpc) is 2.20. The van der Waals surface area contributed by atoms with Gasteiger partial charge >= 0.3 is 0 Å². The van der Waals surface area contributed by atoms with Crippen molar-refractivity contribution in [2.45, 2.75) is 52.4 Å². The summed E-state index contributed by atoms with van der Waals surface area (Å²) in [6, 6.07) is 0. The van der Waals surface area contributed by atoms with Crippen molar-refractivity contribution in [3.63, 3.8) is 0 Å². The summed E-state index contributed by atoms with van der Waals surface area (Å²) in [5.41, 5.74) is 4.50. The van der Waals surface area contributed by atoms with Crippen LogP contribution >= 0.6 is 0 Å². The molecule has 0 aromatic heterocycles. The lowest BCUT2D eigenvalue weighted by Gasteiger charge is -2.02. The highest BCUT2D eigenvalue weighted by Crippen LogP contribution is 1.93. The molecule has 0 saturated heterocycles. The average molecular weight is 188 g/mol. The minimum absolute atomic E-state index is 1.22. The topological polar surface area (TPSA) is 38.0 Å². The van der Waals surface area contributed by atoms with Crippen molar-refractivity contribution >= 4 is 0 Å². The van der Waals surface area contributed by atoms with Gasteiger partial charge in [-0.3, -0.25) is 0 Å². The second-order valence-corrected chi connectivity index (χ2v) is 3.16. The summed E-state index contributed by atoms with van der Waals surface area (Å²) in [5.74, 6) is 0. The fraction of sp³-hybridized carbons (Fsp3) is 1.00. The fourth-order valence-corrected chi connectivity index (χ4v) is 1.12. The van der Waals surface area contributed by atoms with E-state index in [4.69, 9.17) is 0 Å². The van der Waals surface area contributed by atoms with Crippen molar-refractivity contribution in [1.29, 1.82) is 0 Å². The smallest absolute Gasteiger partial charge is 0.00489 e. The normalized spacial score (nSPS) is 9.23. The summed E-state index contributed by atoms with van der Waals surface area (Å²) in [6.07, 6.45) is 8.11. The fourth-order valence-electron chi connectivity index (χ4n) is 1.12. The van der Waals surface area contributed by atoms with E-state index in [9.17, 15) is 0 Å². The lowest BCUT2D eigenvalue weighted by molar-refractivity contribution is 0.583. The van der Waals surface area contributed by atoms with E-state index >= 15 is 0 Å². The molecule has 0 spiro atoms. The first-order chi connectivity index (χ1) is 6.41. The maximum atomic E-state index is 4.50. The predicted molar refractivity (Wildman–Crippen MR) is 62.0 cm³/mol. The number of rotatable bonds is 8. The molecule has 0 bridgehead atoms. The molecule has 2 nitrogen and oxygen atoms in total. The van der Waals surface area contributed by atoms with Crippen LogP contribution in [-0.4, -0.2) is 20.1 Å². The minimum Gasteiger partial charge on any atom is -0.333 e. The SMILES string of the molecule is CCCCCNCCCCC.CN. The van der Waals surface area contributed by atoms with E-state index in [-0.39, 0.29) is 0 Å². The Morgan fingerprint density at radius 1 is 0.769 bits per heavy atom. The molecule has 0 unspecified atom stereocenters. The molecule has 0 atom stereocenters. The first-order valence-corrected chi connectivity index (χ1v) is 5.70. The van der Waals surface area contributed by atoms with Crippen molar-refractivity contribution < 1.29 is 0 Å². The third kappa shape index (κ3) is 18.7. The zero-order chi connectivity index (χ0) is 10.4. The van der Waals surface area contributed by atoms with Crippen LogP contribution in [0.1, 0.15) is 52.4 Å². The van der Waals surface area contributed by atoms with Crippen molar-refractivity contribution in [3.8, 4) is 0 Å². The highest BCUT2D eigenvalue weighted by Gasteiger charge is 1.86. The molecular formula is C11H28N2. The van der Waals surface area contributed by atoms with Gasteiger partial charge in [-0.25, -0.2) is 0 Å². The van der Waals surface area contributed by atoms with Gasteiger partial charge in [0, 0.05) is 0 Å². The molecule has 3 N–H and O–H groups in total. The first kappa shape index (κ1) is 15.4. The van der Waals surface area contributed by atoms with Crippen LogP contribution in [0, 0.1) is 0 Å². The summed E-state index contributed by atoms with van der Waals surface area (Å²) in [4.78, 5) is 0. The van der Waals surface area contributed by atoms with Crippen LogP contribution in [-0.2, 0) is 0 Å². The van der Waals surface area contributed by atoms with Gasteiger partial charge in [-0.05, 0) is 33.0 Å². The summed E-state index contributed by atoms with van der Waals surface area (Å²) >= 11 is 0. The number of hydrogen-bond donors (Lipinski definition) is 2. The van der Waals surface area contributed by atoms with Crippen LogP contribution in [0.15, 0.2) is 0 Å². The number of nitrogens with one attached hydrogen (secondary N) is 1. The van der Waals surface area contributed by atoms with E-state index in [1.807, 2.05) is 0 Å². The molecule has 0 aliphatic rings. The maximum Gasteiger partial charge on any atom is -0.00489 e. The Bertz CT molecular complexity index is 57.1. The van der Waals surface area contributed by atoms with Crippen molar-refractivity contribution in [2.75, 3.05) is 20.1 Å². The second kappa shape index (κ2) is 17.9. The van der Waals surface area contributed by atoms with E-state index < -0.39 is 0 Å². The van der Waals surface area contributed by atoms with E-state index in [0.717, 1.165) is 0 Å². The molecule has 0 amide bonds. The molecule has 0 heterocycles. The van der Waals surface area contributed by atoms with Gasteiger partial charge in [-0.2, -0.15) is 0 Å². The molecule has 0 aliphatic carbocycles. The van der Waals surface area contributed by atoms with Gasteiger partial charge in [-0.1, -0.05) is 39.5 Å². The standard InChI is InChI=1S/C10H23N.CH5N/c1-3-5-7-9-11-10-8-6-4-2;1-2/h11H,3-10H2,1-2H3;2H2,1H3. The number of hydrogen-bond acceptors (Lipinski definition) is 2. The highest BCUT2D eigenvalue weighted by molar-refractivity contribution is 4.48. The largest absolute Gasteiger partial charge is 0.333 e. The van der Waals surface area contributed by atoms with Crippen LogP contribution in [0.25, 0.3) is 0 Å². The lowest BCUT2D eigenvalue weighted by atomic mass is 10.2. The predicted octanol–water partition coefficient (Wildman–Crippen LogP) is 2.53. The van der Waals surface area contributed by atoms with E-state index in [1.165, 1.54) is 58.7 Å². The molecule has 13 heavy (non-hydrogen) atoms. The minimum atomic E-state index is 1.22. The van der Waals surface area contributed by atoms with Crippen LogP contribution in [0.5, 0.6) is 0 Å². The summed E-state index contributed by atoms with van der Waals surface area (Å²) in [5, 5.41) is 3.46. The molecule has 0 saturated carbocycles. The van der Waals surface area contributed by atoms with Gasteiger partial charge in [0.25, 0.3) is 0 Å². The number of unbranched alkanes of at least 4 members (excludes halogenated alkanes) is 4. The van der Waals surface area contributed by atoms with Gasteiger partial charge in [-0.15, -0.1) is 0 Å². The monoisotopic (exact) mass is 188 g/mol. The zero-order valence-corrected chi connectivity index (χ0v) is 9.73. The van der Waals surface area contributed by atoms with Crippen molar-refractivity contribution in [3.05, 3.63) is 0 Å². The van der Waals surface area contributed by atoms with Gasteiger partial charge in [0.2, 0.25) is 0 Å². The van der Waals surface area contributed by atoms with Crippen molar-refractivity contribution in [2.24, 2.45) is 5.73 Å². The molecule has 0 radical (unpaired) electrons. The Kier molecular flexibility index (Phi) is 21.2. The molecule has 0 rings (SSSR count). The molecule has 0 aliphatic heterocycles. The maximum absolute atomic E-state index is 4.50. The summed E-state index contributed by atoms with van der Waals surface area (Å²) in [6.45, 7) is 6.93. The molecular weight excluding hydrogens is 160 g/mol. The van der Waals surface area contributed by atoms with E-state index in [0.29, 0.717) is 0 Å². The Morgan fingerprint density at radius 3 is 1.46 bits per heavy atom.